The van der Waals surface area contributed by atoms with Crippen LogP contribution in [0.25, 0.3) is 22.5 Å². The molecule has 1 saturated carbocycles. The van der Waals surface area contributed by atoms with Gasteiger partial charge < -0.3 is 9.72 Å². The highest BCUT2D eigenvalue weighted by atomic mass is 19.1. The number of fused-ring (bicyclic) bond motifs is 1. The maximum atomic E-state index is 13.3. The Balaban J connectivity index is 1.79. The summed E-state index contributed by atoms with van der Waals surface area (Å²) < 4.78 is 20.5. The monoisotopic (exact) mass is 368 g/mol. The largest absolute Gasteiger partial charge is 0.494 e. The number of aromatic nitrogens is 4. The van der Waals surface area contributed by atoms with E-state index in [-0.39, 0.29) is 11.5 Å². The summed E-state index contributed by atoms with van der Waals surface area (Å²) in [6.07, 6.45) is 1.14. The molecule has 2 atom stereocenters. The minimum Gasteiger partial charge on any atom is -0.494 e. The minimum absolute atomic E-state index is 0.294. The second-order valence-corrected chi connectivity index (χ2v) is 6.94. The first kappa shape index (κ1) is 17.5. The summed E-state index contributed by atoms with van der Waals surface area (Å²) in [4.78, 5) is 19.4. The predicted molar refractivity (Wildman–Crippen MR) is 102 cm³/mol. The van der Waals surface area contributed by atoms with Crippen molar-refractivity contribution in [2.75, 3.05) is 6.61 Å². The first-order valence-corrected chi connectivity index (χ1v) is 8.96. The number of halogens is 1. The third-order valence-corrected chi connectivity index (χ3v) is 4.83. The Labute approximate surface area is 155 Å². The molecule has 6 nitrogen and oxygen atoms in total. The van der Waals surface area contributed by atoms with Gasteiger partial charge in [0.2, 0.25) is 0 Å². The highest BCUT2D eigenvalue weighted by Gasteiger charge is 2.41. The van der Waals surface area contributed by atoms with E-state index in [1.54, 1.807) is 10.9 Å². The summed E-state index contributed by atoms with van der Waals surface area (Å²) in [6.45, 7) is 10.4. The number of hydrogen-bond donors (Lipinski definition) is 1. The standard InChI is InChI=1S/C20H21FN4O2/c1-5-27-12(4)13-6-10(2)17(11(3)7-13)25-9-15-19(24-25)22-18(23-20(15)26)14-8-16(14)21/h6-7,9,14,16H,4-5,8H2,1-3H3,(H,22,23,24,26)/t14-,16-/m0/s1. The molecular weight excluding hydrogens is 347 g/mol. The molecule has 1 aliphatic carbocycles. The van der Waals surface area contributed by atoms with Gasteiger partial charge in [-0.1, -0.05) is 6.58 Å². The molecule has 3 aromatic rings. The van der Waals surface area contributed by atoms with Crippen molar-refractivity contribution >= 4 is 16.8 Å². The number of alkyl halides is 1. The number of benzene rings is 1. The van der Waals surface area contributed by atoms with Gasteiger partial charge in [0.1, 0.15) is 23.1 Å². The van der Waals surface area contributed by atoms with Gasteiger partial charge >= 0.3 is 0 Å². The van der Waals surface area contributed by atoms with E-state index in [4.69, 9.17) is 4.74 Å². The number of aryl methyl sites for hydroxylation is 2. The van der Waals surface area contributed by atoms with Crippen LogP contribution in [0.5, 0.6) is 0 Å². The number of nitrogens with one attached hydrogen (secondary N) is 1. The van der Waals surface area contributed by atoms with Gasteiger partial charge in [-0.25, -0.2) is 14.1 Å². The Morgan fingerprint density at radius 2 is 2.07 bits per heavy atom. The molecule has 0 spiro atoms. The zero-order valence-corrected chi connectivity index (χ0v) is 15.5. The van der Waals surface area contributed by atoms with Crippen LogP contribution in [0.1, 0.15) is 41.8 Å². The maximum absolute atomic E-state index is 13.3. The summed E-state index contributed by atoms with van der Waals surface area (Å²) in [7, 11) is 0. The molecule has 2 heterocycles. The average Bonchev–Trinajstić information content (AvgIpc) is 3.18. The lowest BCUT2D eigenvalue weighted by molar-refractivity contribution is 0.299. The molecule has 4 rings (SSSR count). The van der Waals surface area contributed by atoms with Crippen LogP contribution in [0.3, 0.4) is 0 Å². The fraction of sp³-hybridized carbons (Fsp3) is 0.350. The van der Waals surface area contributed by atoms with Crippen molar-refractivity contribution in [1.82, 2.24) is 19.7 Å². The van der Waals surface area contributed by atoms with Crippen LogP contribution < -0.4 is 5.56 Å². The van der Waals surface area contributed by atoms with Crippen molar-refractivity contribution in [3.8, 4) is 5.69 Å². The van der Waals surface area contributed by atoms with Crippen LogP contribution in [-0.2, 0) is 4.74 Å². The molecule has 27 heavy (non-hydrogen) atoms. The van der Waals surface area contributed by atoms with Gasteiger partial charge in [0.25, 0.3) is 5.56 Å². The molecule has 1 aliphatic rings. The highest BCUT2D eigenvalue weighted by molar-refractivity contribution is 5.74. The zero-order valence-electron chi connectivity index (χ0n) is 15.5. The molecule has 0 amide bonds. The summed E-state index contributed by atoms with van der Waals surface area (Å²) in [5, 5.41) is 4.87. The van der Waals surface area contributed by atoms with Gasteiger partial charge in [0, 0.05) is 11.8 Å². The summed E-state index contributed by atoms with van der Waals surface area (Å²) >= 11 is 0. The number of hydrogen-bond acceptors (Lipinski definition) is 4. The van der Waals surface area contributed by atoms with E-state index in [1.165, 1.54) is 0 Å². The molecule has 7 heteroatoms. The fourth-order valence-electron chi connectivity index (χ4n) is 3.41. The zero-order chi connectivity index (χ0) is 19.3. The smallest absolute Gasteiger partial charge is 0.262 e. The number of aromatic amines is 1. The first-order chi connectivity index (χ1) is 12.9. The predicted octanol–water partition coefficient (Wildman–Crippen LogP) is 3.56. The van der Waals surface area contributed by atoms with Crippen LogP contribution in [0, 0.1) is 13.8 Å². The van der Waals surface area contributed by atoms with E-state index in [9.17, 15) is 9.18 Å². The maximum Gasteiger partial charge on any atom is 0.262 e. The lowest BCUT2D eigenvalue weighted by Crippen LogP contribution is -2.10. The van der Waals surface area contributed by atoms with Gasteiger partial charge in [-0.3, -0.25) is 4.79 Å². The van der Waals surface area contributed by atoms with Crippen LogP contribution >= 0.6 is 0 Å². The normalized spacial score (nSPS) is 18.7. The molecular formula is C20H21FN4O2. The molecule has 2 aromatic heterocycles. The SMILES string of the molecule is C=C(OCC)c1cc(C)c(-n2cc3c(=O)[nH]c([C@H]4C[C@@H]4F)nc3n2)c(C)c1. The lowest BCUT2D eigenvalue weighted by Gasteiger charge is -2.14. The van der Waals surface area contributed by atoms with Crippen molar-refractivity contribution in [3.05, 3.63) is 57.8 Å². The van der Waals surface area contributed by atoms with Crippen molar-refractivity contribution in [3.63, 3.8) is 0 Å². The number of H-pyrrole nitrogens is 1. The third-order valence-electron chi connectivity index (χ3n) is 4.83. The first-order valence-electron chi connectivity index (χ1n) is 8.96. The Kier molecular flexibility index (Phi) is 4.09. The molecule has 140 valence electrons. The fourth-order valence-corrected chi connectivity index (χ4v) is 3.41. The Hall–Kier alpha value is -2.96. The van der Waals surface area contributed by atoms with Crippen molar-refractivity contribution in [2.45, 2.75) is 39.3 Å². The molecule has 1 aromatic carbocycles. The molecule has 0 unspecified atom stereocenters. The van der Waals surface area contributed by atoms with E-state index in [0.29, 0.717) is 35.6 Å². The van der Waals surface area contributed by atoms with Crippen LogP contribution in [0.4, 0.5) is 4.39 Å². The molecule has 0 bridgehead atoms. The van der Waals surface area contributed by atoms with Crippen molar-refractivity contribution in [2.24, 2.45) is 0 Å². The molecule has 0 aliphatic heterocycles. The van der Waals surface area contributed by atoms with E-state index in [1.807, 2.05) is 32.9 Å². The topological polar surface area (TPSA) is 72.8 Å². The van der Waals surface area contributed by atoms with E-state index < -0.39 is 6.17 Å². The molecule has 1 fully saturated rings. The average molecular weight is 368 g/mol. The summed E-state index contributed by atoms with van der Waals surface area (Å²) in [5.41, 5.74) is 3.76. The van der Waals surface area contributed by atoms with Gasteiger partial charge in [-0.05, 0) is 50.5 Å². The quantitative estimate of drug-likeness (QED) is 0.699. The number of nitrogens with zero attached hydrogens (tertiary/aromatic N) is 3. The molecule has 0 radical (unpaired) electrons. The van der Waals surface area contributed by atoms with Gasteiger partial charge in [0.05, 0.1) is 18.2 Å². The Morgan fingerprint density at radius 1 is 1.41 bits per heavy atom. The van der Waals surface area contributed by atoms with Crippen LogP contribution in [0.15, 0.2) is 29.7 Å². The highest BCUT2D eigenvalue weighted by Crippen LogP contribution is 2.41. The lowest BCUT2D eigenvalue weighted by atomic mass is 10.0. The Morgan fingerprint density at radius 3 is 2.67 bits per heavy atom. The summed E-state index contributed by atoms with van der Waals surface area (Å²) in [6, 6.07) is 3.96. The van der Waals surface area contributed by atoms with Gasteiger partial charge in [-0.2, -0.15) is 0 Å². The van der Waals surface area contributed by atoms with Crippen LogP contribution in [0.2, 0.25) is 0 Å². The second-order valence-electron chi connectivity index (χ2n) is 6.94. The minimum atomic E-state index is -0.928. The molecule has 0 saturated heterocycles. The summed E-state index contributed by atoms with van der Waals surface area (Å²) in [5.74, 6) is 0.676. The van der Waals surface area contributed by atoms with Crippen LogP contribution in [-0.4, -0.2) is 32.5 Å². The second kappa shape index (κ2) is 6.33. The van der Waals surface area contributed by atoms with Gasteiger partial charge in [-0.15, -0.1) is 5.10 Å². The molecule has 1 N–H and O–H groups in total. The third kappa shape index (κ3) is 3.03. The number of ether oxygens (including phenoxy) is 1. The van der Waals surface area contributed by atoms with E-state index in [2.05, 4.69) is 21.6 Å². The van der Waals surface area contributed by atoms with E-state index in [0.717, 1.165) is 22.4 Å². The van der Waals surface area contributed by atoms with Gasteiger partial charge in [0.15, 0.2) is 5.65 Å². The number of rotatable bonds is 5. The van der Waals surface area contributed by atoms with Crippen molar-refractivity contribution in [1.29, 1.82) is 0 Å². The van der Waals surface area contributed by atoms with E-state index >= 15 is 0 Å². The Bertz CT molecular complexity index is 1090. The van der Waals surface area contributed by atoms with Crippen molar-refractivity contribution < 1.29 is 9.13 Å².